The molecule has 160 valence electrons. The van der Waals surface area contributed by atoms with Gasteiger partial charge in [-0.15, -0.1) is 11.7 Å². The number of anilines is 1. The van der Waals surface area contributed by atoms with E-state index in [1.807, 2.05) is 43.3 Å². The molecule has 1 heterocycles. The molecule has 1 aliphatic rings. The Morgan fingerprint density at radius 3 is 2.48 bits per heavy atom. The molecule has 0 saturated carbocycles. The van der Waals surface area contributed by atoms with E-state index in [1.165, 1.54) is 40.9 Å². The van der Waals surface area contributed by atoms with Crippen LogP contribution in [0.25, 0.3) is 0 Å². The summed E-state index contributed by atoms with van der Waals surface area (Å²) in [5, 5.41) is 8.14. The molecule has 0 aromatic heterocycles. The molecule has 0 aliphatic carbocycles. The highest BCUT2D eigenvalue weighted by Crippen LogP contribution is 2.30. The van der Waals surface area contributed by atoms with Crippen LogP contribution >= 0.6 is 11.8 Å². The van der Waals surface area contributed by atoms with E-state index in [0.717, 1.165) is 11.3 Å². The van der Waals surface area contributed by atoms with E-state index >= 15 is 0 Å². The zero-order valence-electron chi connectivity index (χ0n) is 17.4. The van der Waals surface area contributed by atoms with Gasteiger partial charge in [-0.25, -0.2) is 4.39 Å². The van der Waals surface area contributed by atoms with Gasteiger partial charge in [0.2, 0.25) is 5.91 Å². The Labute approximate surface area is 185 Å². The van der Waals surface area contributed by atoms with Gasteiger partial charge in [0.15, 0.2) is 11.0 Å². The van der Waals surface area contributed by atoms with Crippen molar-refractivity contribution in [2.45, 2.75) is 11.7 Å². The van der Waals surface area contributed by atoms with Gasteiger partial charge in [-0.3, -0.25) is 14.5 Å². The molecule has 3 rings (SSSR count). The summed E-state index contributed by atoms with van der Waals surface area (Å²) in [5.41, 5.74) is 2.32. The van der Waals surface area contributed by atoms with Crippen LogP contribution in [0, 0.1) is 5.82 Å². The molecule has 6 nitrogen and oxygen atoms in total. The van der Waals surface area contributed by atoms with Crippen molar-refractivity contribution in [2.24, 2.45) is 10.2 Å². The topological polar surface area (TPSA) is 65.3 Å². The Morgan fingerprint density at radius 2 is 1.87 bits per heavy atom. The van der Waals surface area contributed by atoms with Crippen molar-refractivity contribution in [2.75, 3.05) is 25.5 Å². The predicted octanol–water partition coefficient (Wildman–Crippen LogP) is 3.98. The van der Waals surface area contributed by atoms with Crippen LogP contribution < -0.4 is 4.90 Å². The van der Waals surface area contributed by atoms with Crippen molar-refractivity contribution in [3.8, 4) is 0 Å². The van der Waals surface area contributed by atoms with Crippen LogP contribution in [0.1, 0.15) is 22.3 Å². The van der Waals surface area contributed by atoms with E-state index in [2.05, 4.69) is 16.8 Å². The molecule has 0 unspecified atom stereocenters. The fraction of sp³-hybridized carbons (Fsp3) is 0.217. The zero-order valence-corrected chi connectivity index (χ0v) is 18.2. The number of amidine groups is 1. The number of amides is 1. The first-order valence-corrected chi connectivity index (χ1v) is 10.5. The third-order valence-electron chi connectivity index (χ3n) is 4.63. The molecule has 1 atom stereocenters. The van der Waals surface area contributed by atoms with E-state index in [1.54, 1.807) is 12.3 Å². The van der Waals surface area contributed by atoms with Gasteiger partial charge in [0.25, 0.3) is 0 Å². The van der Waals surface area contributed by atoms with Gasteiger partial charge in [-0.05, 0) is 42.0 Å². The maximum atomic E-state index is 13.1. The number of thioether (sulfide) groups is 1. The largest absolute Gasteiger partial charge is 0.378 e. The van der Waals surface area contributed by atoms with Crippen molar-refractivity contribution in [3.63, 3.8) is 0 Å². The summed E-state index contributed by atoms with van der Waals surface area (Å²) in [6, 6.07) is 13.1. The van der Waals surface area contributed by atoms with Gasteiger partial charge >= 0.3 is 0 Å². The summed E-state index contributed by atoms with van der Waals surface area (Å²) >= 11 is 1.20. The van der Waals surface area contributed by atoms with E-state index in [4.69, 9.17) is 0 Å². The second kappa shape index (κ2) is 10.2. The molecular weight excluding hydrogens is 415 g/mol. The number of Topliss-reactive ketones (excluding diaryl/α,β-unsaturated/α-hetero) is 1. The van der Waals surface area contributed by atoms with Crippen molar-refractivity contribution in [1.82, 2.24) is 4.90 Å². The molecule has 1 fully saturated rings. The molecular formula is C23H23FN4O2S. The van der Waals surface area contributed by atoms with Crippen molar-refractivity contribution in [3.05, 3.63) is 78.1 Å². The number of nitrogens with zero attached hydrogens (tertiary/aromatic N) is 4. The number of carbonyl (C=O) groups excluding carboxylic acids is 2. The van der Waals surface area contributed by atoms with Crippen molar-refractivity contribution >= 4 is 40.5 Å². The second-order valence-corrected chi connectivity index (χ2v) is 8.26. The maximum Gasteiger partial charge on any atom is 0.242 e. The summed E-state index contributed by atoms with van der Waals surface area (Å²) in [7, 11) is 3.93. The van der Waals surface area contributed by atoms with Crippen molar-refractivity contribution in [1.29, 1.82) is 0 Å². The molecule has 0 spiro atoms. The van der Waals surface area contributed by atoms with Gasteiger partial charge in [0.05, 0.1) is 11.5 Å². The molecule has 1 saturated heterocycles. The minimum absolute atomic E-state index is 0.00247. The first-order chi connectivity index (χ1) is 14.9. The van der Waals surface area contributed by atoms with Crippen LogP contribution in [0.2, 0.25) is 0 Å². The third kappa shape index (κ3) is 5.67. The Morgan fingerprint density at radius 1 is 1.19 bits per heavy atom. The zero-order chi connectivity index (χ0) is 22.4. The third-order valence-corrected chi connectivity index (χ3v) is 5.79. The quantitative estimate of drug-likeness (QED) is 0.271. The lowest BCUT2D eigenvalue weighted by Crippen LogP contribution is -2.32. The van der Waals surface area contributed by atoms with E-state index < -0.39 is 11.1 Å². The monoisotopic (exact) mass is 438 g/mol. The summed E-state index contributed by atoms with van der Waals surface area (Å²) in [6.07, 6.45) is 3.21. The Balaban J connectivity index is 1.71. The molecule has 0 radical (unpaired) electrons. The van der Waals surface area contributed by atoms with Crippen LogP contribution in [0.15, 0.2) is 71.4 Å². The van der Waals surface area contributed by atoms with Crippen LogP contribution in [0.5, 0.6) is 0 Å². The summed E-state index contributed by atoms with van der Waals surface area (Å²) in [5.74, 6) is -0.858. The lowest BCUT2D eigenvalue weighted by Gasteiger charge is -2.12. The normalized spacial score (nSPS) is 17.5. The summed E-state index contributed by atoms with van der Waals surface area (Å²) in [4.78, 5) is 28.7. The molecule has 8 heteroatoms. The first kappa shape index (κ1) is 22.4. The van der Waals surface area contributed by atoms with Crippen LogP contribution in [0.4, 0.5) is 10.1 Å². The Bertz CT molecular complexity index is 1020. The first-order valence-electron chi connectivity index (χ1n) is 9.65. The average molecular weight is 439 g/mol. The molecule has 0 N–H and O–H groups in total. The molecule has 1 aliphatic heterocycles. The minimum Gasteiger partial charge on any atom is -0.378 e. The highest BCUT2D eigenvalue weighted by molar-refractivity contribution is 8.15. The molecule has 31 heavy (non-hydrogen) atoms. The fourth-order valence-corrected chi connectivity index (χ4v) is 4.04. The number of rotatable bonds is 8. The van der Waals surface area contributed by atoms with Gasteiger partial charge in [0, 0.05) is 38.3 Å². The number of benzene rings is 2. The van der Waals surface area contributed by atoms with Crippen LogP contribution in [0.3, 0.4) is 0 Å². The van der Waals surface area contributed by atoms with Crippen LogP contribution in [-0.2, 0) is 4.79 Å². The average Bonchev–Trinajstić information content (AvgIpc) is 3.04. The molecule has 2 aromatic carbocycles. The minimum atomic E-state index is -0.606. The molecule has 0 bridgehead atoms. The fourth-order valence-electron chi connectivity index (χ4n) is 2.94. The summed E-state index contributed by atoms with van der Waals surface area (Å²) in [6.45, 7) is 3.96. The van der Waals surface area contributed by atoms with Gasteiger partial charge in [-0.1, -0.05) is 30.0 Å². The maximum absolute atomic E-state index is 13.1. The standard InChI is InChI=1S/C23H23FN4O2S/c1-4-13-28-22(30)21(14-20(29)17-7-9-18(24)10-8-17)31-23(28)26-25-15-16-5-11-19(12-6-16)27(2)3/h4-12,15,21H,1,13-14H2,2-3H3/b25-15-,26-23-/t21-/m1/s1. The highest BCUT2D eigenvalue weighted by atomic mass is 32.2. The number of hydrogen-bond donors (Lipinski definition) is 0. The SMILES string of the molecule is C=CCN1C(=O)[C@@H](CC(=O)c2ccc(F)cc2)S/C1=N\N=C/c1ccc(N(C)C)cc1. The predicted molar refractivity (Wildman–Crippen MR) is 124 cm³/mol. The number of halogens is 1. The second-order valence-electron chi connectivity index (χ2n) is 7.09. The van der Waals surface area contributed by atoms with Crippen LogP contribution in [-0.4, -0.2) is 53.9 Å². The summed E-state index contributed by atoms with van der Waals surface area (Å²) < 4.78 is 13.1. The molecule has 2 aromatic rings. The lowest BCUT2D eigenvalue weighted by atomic mass is 10.1. The number of carbonyl (C=O) groups is 2. The van der Waals surface area contributed by atoms with Gasteiger partial charge < -0.3 is 4.90 Å². The number of ketones is 1. The van der Waals surface area contributed by atoms with E-state index in [0.29, 0.717) is 10.7 Å². The number of hydrogen-bond acceptors (Lipinski definition) is 6. The smallest absolute Gasteiger partial charge is 0.242 e. The van der Waals surface area contributed by atoms with E-state index in [-0.39, 0.29) is 24.7 Å². The lowest BCUT2D eigenvalue weighted by molar-refractivity contribution is -0.125. The molecule has 1 amide bonds. The van der Waals surface area contributed by atoms with Gasteiger partial charge in [-0.2, -0.15) is 5.10 Å². The highest BCUT2D eigenvalue weighted by Gasteiger charge is 2.38. The Kier molecular flexibility index (Phi) is 7.36. The van der Waals surface area contributed by atoms with E-state index in [9.17, 15) is 14.0 Å². The van der Waals surface area contributed by atoms with Crippen molar-refractivity contribution < 1.29 is 14.0 Å². The Hall–Kier alpha value is -3.26. The van der Waals surface area contributed by atoms with Gasteiger partial charge in [0.1, 0.15) is 5.82 Å².